The molecule has 30 heavy (non-hydrogen) atoms. The van der Waals surface area contributed by atoms with Crippen molar-refractivity contribution < 1.29 is 4.74 Å². The van der Waals surface area contributed by atoms with Gasteiger partial charge in [0.05, 0.1) is 23.4 Å². The number of aromatic amines is 1. The van der Waals surface area contributed by atoms with Crippen LogP contribution < -0.4 is 0 Å². The van der Waals surface area contributed by atoms with Crippen LogP contribution in [0.4, 0.5) is 0 Å². The Balaban J connectivity index is 1.44. The van der Waals surface area contributed by atoms with Gasteiger partial charge in [-0.1, -0.05) is 36.9 Å². The van der Waals surface area contributed by atoms with Crippen molar-refractivity contribution in [2.75, 3.05) is 6.61 Å². The van der Waals surface area contributed by atoms with Crippen LogP contribution in [-0.2, 0) is 23.5 Å². The van der Waals surface area contributed by atoms with E-state index in [-0.39, 0.29) is 6.10 Å². The van der Waals surface area contributed by atoms with Crippen molar-refractivity contribution >= 4 is 34.0 Å². The van der Waals surface area contributed by atoms with Gasteiger partial charge in [-0.15, -0.1) is 21.5 Å². The third-order valence-electron chi connectivity index (χ3n) is 5.37. The molecule has 6 nitrogen and oxygen atoms in total. The van der Waals surface area contributed by atoms with Crippen molar-refractivity contribution in [3.63, 3.8) is 0 Å². The summed E-state index contributed by atoms with van der Waals surface area (Å²) < 4.78 is 8.16. The minimum atomic E-state index is 0.222. The van der Waals surface area contributed by atoms with E-state index in [4.69, 9.17) is 9.72 Å². The van der Waals surface area contributed by atoms with Crippen molar-refractivity contribution in [2.24, 2.45) is 0 Å². The molecule has 1 aromatic carbocycles. The fraction of sp³-hybridized carbons (Fsp3) is 0.409. The summed E-state index contributed by atoms with van der Waals surface area (Å²) in [6, 6.07) is 8.32. The molecule has 1 fully saturated rings. The van der Waals surface area contributed by atoms with Crippen LogP contribution in [0.3, 0.4) is 0 Å². The van der Waals surface area contributed by atoms with Crippen molar-refractivity contribution in [2.45, 2.75) is 56.2 Å². The first kappa shape index (κ1) is 19.8. The summed E-state index contributed by atoms with van der Waals surface area (Å²) in [6.45, 7) is 3.81. The first-order chi connectivity index (χ1) is 14.8. The Hall–Kier alpha value is -2.16. The molecule has 0 aliphatic carbocycles. The highest BCUT2D eigenvalue weighted by molar-refractivity contribution is 7.98. The molecule has 1 aliphatic heterocycles. The number of H-pyrrole nitrogens is 1. The van der Waals surface area contributed by atoms with Crippen LogP contribution in [0, 0.1) is 0 Å². The molecule has 4 aromatic rings. The van der Waals surface area contributed by atoms with Gasteiger partial charge in [0.1, 0.15) is 0 Å². The molecule has 0 bridgehead atoms. The van der Waals surface area contributed by atoms with Gasteiger partial charge in [-0.3, -0.25) is 4.57 Å². The molecule has 1 N–H and O–H groups in total. The second-order valence-corrected chi connectivity index (χ2v) is 9.46. The van der Waals surface area contributed by atoms with Gasteiger partial charge >= 0.3 is 0 Å². The number of nitrogens with one attached hydrogen (secondary N) is 1. The van der Waals surface area contributed by atoms with E-state index in [1.54, 1.807) is 23.1 Å². The monoisotopic (exact) mass is 439 g/mol. The van der Waals surface area contributed by atoms with Crippen LogP contribution in [0.1, 0.15) is 36.9 Å². The van der Waals surface area contributed by atoms with Crippen molar-refractivity contribution in [3.05, 3.63) is 46.5 Å². The molecular formula is C22H25N5OS2. The molecule has 8 heteroatoms. The summed E-state index contributed by atoms with van der Waals surface area (Å²) in [4.78, 5) is 8.12. The third kappa shape index (κ3) is 4.04. The molecule has 1 saturated heterocycles. The van der Waals surface area contributed by atoms with E-state index in [9.17, 15) is 0 Å². The minimum Gasteiger partial charge on any atom is -0.376 e. The third-order valence-corrected chi connectivity index (χ3v) is 7.33. The topological polar surface area (TPSA) is 68.6 Å². The number of aryl methyl sites for hydroxylation is 1. The molecule has 0 spiro atoms. The molecule has 1 aliphatic rings. The summed E-state index contributed by atoms with van der Waals surface area (Å²) in [5, 5.41) is 14.6. The molecule has 5 rings (SSSR count). The molecular weight excluding hydrogens is 414 g/mol. The van der Waals surface area contributed by atoms with Crippen LogP contribution >= 0.6 is 23.1 Å². The molecule has 4 heterocycles. The molecule has 3 aromatic heterocycles. The van der Waals surface area contributed by atoms with Crippen molar-refractivity contribution in [3.8, 4) is 11.4 Å². The zero-order valence-corrected chi connectivity index (χ0v) is 18.6. The summed E-state index contributed by atoms with van der Waals surface area (Å²) >= 11 is 3.46. The van der Waals surface area contributed by atoms with Gasteiger partial charge in [-0.25, -0.2) is 4.98 Å². The zero-order valence-electron chi connectivity index (χ0n) is 17.0. The summed E-state index contributed by atoms with van der Waals surface area (Å²) in [6.07, 6.45) is 6.64. The maximum Gasteiger partial charge on any atom is 0.191 e. The van der Waals surface area contributed by atoms with E-state index in [1.807, 2.05) is 12.3 Å². The van der Waals surface area contributed by atoms with Gasteiger partial charge in [0, 0.05) is 40.4 Å². The highest BCUT2D eigenvalue weighted by atomic mass is 32.2. The molecule has 156 valence electrons. The number of nitrogens with zero attached hydrogens (tertiary/aromatic N) is 4. The number of hydrogen-bond donors (Lipinski definition) is 1. The lowest BCUT2D eigenvalue weighted by molar-refractivity contribution is 0.0953. The van der Waals surface area contributed by atoms with Gasteiger partial charge in [0.15, 0.2) is 11.0 Å². The summed E-state index contributed by atoms with van der Waals surface area (Å²) in [5.74, 6) is 1.70. The van der Waals surface area contributed by atoms with Crippen LogP contribution in [-0.4, -0.2) is 37.4 Å². The van der Waals surface area contributed by atoms with Gasteiger partial charge in [0.2, 0.25) is 0 Å². The standard InChI is InChI=1S/C22H25N5OS2/c1-2-6-20-24-15(13-29-20)14-30-22-26-25-21(27(22)12-16-7-5-10-28-16)18-11-23-19-9-4-3-8-17(18)19/h3-4,8-9,11,13,16,23H,2,5-7,10,12,14H2,1H3. The van der Waals surface area contributed by atoms with E-state index in [0.717, 1.165) is 72.3 Å². The van der Waals surface area contributed by atoms with E-state index in [1.165, 1.54) is 10.4 Å². The Morgan fingerprint density at radius 1 is 1.30 bits per heavy atom. The first-order valence-electron chi connectivity index (χ1n) is 10.5. The average Bonchev–Trinajstić information content (AvgIpc) is 3.55. The highest BCUT2D eigenvalue weighted by Gasteiger charge is 2.23. The lowest BCUT2D eigenvalue weighted by atomic mass is 10.1. The number of rotatable bonds is 8. The number of para-hydroxylation sites is 1. The Morgan fingerprint density at radius 3 is 3.10 bits per heavy atom. The van der Waals surface area contributed by atoms with Crippen LogP contribution in [0.25, 0.3) is 22.3 Å². The second kappa shape index (κ2) is 8.91. The van der Waals surface area contributed by atoms with Gasteiger partial charge in [-0.05, 0) is 31.7 Å². The summed E-state index contributed by atoms with van der Waals surface area (Å²) in [5.41, 5.74) is 3.31. The predicted molar refractivity (Wildman–Crippen MR) is 122 cm³/mol. The zero-order chi connectivity index (χ0) is 20.3. The lowest BCUT2D eigenvalue weighted by Gasteiger charge is -2.14. The number of thiazole rings is 1. The Kier molecular flexibility index (Phi) is 5.88. The maximum absolute atomic E-state index is 5.93. The van der Waals surface area contributed by atoms with Crippen molar-refractivity contribution in [1.29, 1.82) is 0 Å². The maximum atomic E-state index is 5.93. The minimum absolute atomic E-state index is 0.222. The molecule has 0 radical (unpaired) electrons. The van der Waals surface area contributed by atoms with Gasteiger partial charge < -0.3 is 9.72 Å². The van der Waals surface area contributed by atoms with Gasteiger partial charge in [-0.2, -0.15) is 0 Å². The largest absolute Gasteiger partial charge is 0.376 e. The molecule has 0 amide bonds. The Morgan fingerprint density at radius 2 is 2.23 bits per heavy atom. The lowest BCUT2D eigenvalue weighted by Crippen LogP contribution is -2.16. The number of thioether (sulfide) groups is 1. The van der Waals surface area contributed by atoms with Crippen LogP contribution in [0.5, 0.6) is 0 Å². The number of hydrogen-bond acceptors (Lipinski definition) is 6. The SMILES string of the molecule is CCCc1nc(CSc2nnc(-c3c[nH]c4ccccc34)n2CC2CCCO2)cs1. The van der Waals surface area contributed by atoms with E-state index >= 15 is 0 Å². The number of benzene rings is 1. The highest BCUT2D eigenvalue weighted by Crippen LogP contribution is 2.32. The second-order valence-electron chi connectivity index (χ2n) is 7.57. The smallest absolute Gasteiger partial charge is 0.191 e. The molecule has 1 atom stereocenters. The first-order valence-corrected chi connectivity index (χ1v) is 12.4. The Bertz CT molecular complexity index is 1130. The predicted octanol–water partition coefficient (Wildman–Crippen LogP) is 5.31. The molecule has 0 saturated carbocycles. The van der Waals surface area contributed by atoms with E-state index < -0.39 is 0 Å². The van der Waals surface area contributed by atoms with E-state index in [0.29, 0.717) is 0 Å². The average molecular weight is 440 g/mol. The fourth-order valence-electron chi connectivity index (χ4n) is 3.89. The number of aromatic nitrogens is 5. The molecule has 1 unspecified atom stereocenters. The summed E-state index contributed by atoms with van der Waals surface area (Å²) in [7, 11) is 0. The van der Waals surface area contributed by atoms with Crippen molar-refractivity contribution in [1.82, 2.24) is 24.7 Å². The number of fused-ring (bicyclic) bond motifs is 1. The quantitative estimate of drug-likeness (QED) is 0.377. The van der Waals surface area contributed by atoms with E-state index in [2.05, 4.69) is 50.3 Å². The number of ether oxygens (including phenoxy) is 1. The fourth-order valence-corrected chi connectivity index (χ4v) is 5.74. The van der Waals surface area contributed by atoms with Gasteiger partial charge in [0.25, 0.3) is 0 Å². The van der Waals surface area contributed by atoms with Crippen LogP contribution in [0.2, 0.25) is 0 Å². The normalized spacial score (nSPS) is 16.6. The Labute approximate surface area is 184 Å². The van der Waals surface area contributed by atoms with Crippen LogP contribution in [0.15, 0.2) is 41.0 Å².